The number of nitrogens with zero attached hydrogens (tertiary/aromatic N) is 3. The van der Waals surface area contributed by atoms with Gasteiger partial charge >= 0.3 is 0 Å². The van der Waals surface area contributed by atoms with E-state index in [2.05, 4.69) is 9.97 Å². The summed E-state index contributed by atoms with van der Waals surface area (Å²) in [6.45, 7) is 2.80. The topological polar surface area (TPSA) is 66.3 Å². The van der Waals surface area contributed by atoms with Gasteiger partial charge < -0.3 is 5.11 Å². The van der Waals surface area contributed by atoms with Gasteiger partial charge in [0.25, 0.3) is 0 Å². The summed E-state index contributed by atoms with van der Waals surface area (Å²) in [5.41, 5.74) is 2.59. The summed E-state index contributed by atoms with van der Waals surface area (Å²) in [6, 6.07) is 5.41. The largest absolute Gasteiger partial charge is 0.392 e. The molecule has 0 aliphatic heterocycles. The SMILES string of the molecule is CC(O)CN(C)Cc1ccc(-c2nc(Cl)ncc2Cl)cc1C=O. The molecule has 1 aromatic carbocycles. The predicted octanol–water partition coefficient (Wildman–Crippen LogP) is 3.08. The van der Waals surface area contributed by atoms with Crippen LogP contribution in [0.5, 0.6) is 0 Å². The van der Waals surface area contributed by atoms with Crippen LogP contribution in [-0.4, -0.2) is 46.0 Å². The molecular weight excluding hydrogens is 337 g/mol. The van der Waals surface area contributed by atoms with E-state index >= 15 is 0 Å². The molecule has 0 aliphatic carbocycles. The van der Waals surface area contributed by atoms with Crippen molar-refractivity contribution in [3.05, 3.63) is 45.8 Å². The molecule has 2 rings (SSSR count). The van der Waals surface area contributed by atoms with Crippen LogP contribution in [0.2, 0.25) is 10.3 Å². The average Bonchev–Trinajstić information content (AvgIpc) is 2.49. The predicted molar refractivity (Wildman–Crippen MR) is 90.9 cm³/mol. The van der Waals surface area contributed by atoms with Gasteiger partial charge in [-0.1, -0.05) is 23.7 Å². The van der Waals surface area contributed by atoms with E-state index in [4.69, 9.17) is 23.2 Å². The highest BCUT2D eigenvalue weighted by Gasteiger charge is 2.12. The normalized spacial score (nSPS) is 12.4. The van der Waals surface area contributed by atoms with Gasteiger partial charge in [-0.05, 0) is 37.2 Å². The number of aldehydes is 1. The highest BCUT2D eigenvalue weighted by atomic mass is 35.5. The minimum absolute atomic E-state index is 0.0952. The van der Waals surface area contributed by atoms with Crippen LogP contribution in [0.1, 0.15) is 22.8 Å². The second-order valence-corrected chi connectivity index (χ2v) is 6.16. The Morgan fingerprint density at radius 1 is 1.39 bits per heavy atom. The van der Waals surface area contributed by atoms with Gasteiger partial charge in [0, 0.05) is 24.2 Å². The Hall–Kier alpha value is -1.53. The minimum atomic E-state index is -0.430. The summed E-state index contributed by atoms with van der Waals surface area (Å²) in [6.07, 6.45) is 1.80. The third kappa shape index (κ3) is 4.72. The molecular formula is C16H17Cl2N3O2. The van der Waals surface area contributed by atoms with Crippen molar-refractivity contribution in [3.8, 4) is 11.3 Å². The van der Waals surface area contributed by atoms with Crippen molar-refractivity contribution in [2.45, 2.75) is 19.6 Å². The van der Waals surface area contributed by atoms with E-state index in [0.717, 1.165) is 11.8 Å². The second-order valence-electron chi connectivity index (χ2n) is 5.41. The van der Waals surface area contributed by atoms with E-state index in [0.29, 0.717) is 34.9 Å². The van der Waals surface area contributed by atoms with E-state index < -0.39 is 6.10 Å². The van der Waals surface area contributed by atoms with Gasteiger partial charge in [0.15, 0.2) is 0 Å². The van der Waals surface area contributed by atoms with Crippen LogP contribution < -0.4 is 0 Å². The molecule has 0 amide bonds. The number of rotatable bonds is 6. The fourth-order valence-electron chi connectivity index (χ4n) is 2.35. The third-order valence-electron chi connectivity index (χ3n) is 3.28. The molecule has 0 radical (unpaired) electrons. The maximum atomic E-state index is 11.4. The molecule has 0 saturated heterocycles. The Balaban J connectivity index is 2.32. The first kappa shape index (κ1) is 17.8. The number of hydrogen-bond donors (Lipinski definition) is 1. The molecule has 1 atom stereocenters. The summed E-state index contributed by atoms with van der Waals surface area (Å²) in [4.78, 5) is 21.3. The van der Waals surface area contributed by atoms with E-state index in [-0.39, 0.29) is 5.28 Å². The van der Waals surface area contributed by atoms with Crippen molar-refractivity contribution < 1.29 is 9.90 Å². The lowest BCUT2D eigenvalue weighted by Crippen LogP contribution is -2.27. The zero-order valence-corrected chi connectivity index (χ0v) is 14.3. The third-order valence-corrected chi connectivity index (χ3v) is 3.74. The van der Waals surface area contributed by atoms with E-state index in [1.807, 2.05) is 24.1 Å². The monoisotopic (exact) mass is 353 g/mol. The molecule has 0 bridgehead atoms. The first-order valence-corrected chi connectivity index (χ1v) is 7.79. The van der Waals surface area contributed by atoms with Crippen LogP contribution in [0.15, 0.2) is 24.4 Å². The van der Waals surface area contributed by atoms with Gasteiger partial charge in [0.2, 0.25) is 5.28 Å². The number of halogens is 2. The summed E-state index contributed by atoms with van der Waals surface area (Å²) < 4.78 is 0. The Labute approximate surface area is 144 Å². The standard InChI is InChI=1S/C16H17Cl2N3O2/c1-10(23)7-21(2)8-12-4-3-11(5-13(12)9-22)15-14(17)6-19-16(18)20-15/h3-6,9-10,23H,7-8H2,1-2H3. The second kappa shape index (κ2) is 7.84. The lowest BCUT2D eigenvalue weighted by molar-refractivity contribution is 0.112. The van der Waals surface area contributed by atoms with Crippen molar-refractivity contribution in [2.75, 3.05) is 13.6 Å². The highest BCUT2D eigenvalue weighted by molar-refractivity contribution is 6.33. The van der Waals surface area contributed by atoms with Gasteiger partial charge in [-0.2, -0.15) is 0 Å². The Kier molecular flexibility index (Phi) is 6.07. The van der Waals surface area contributed by atoms with Gasteiger partial charge in [-0.15, -0.1) is 0 Å². The average molecular weight is 354 g/mol. The van der Waals surface area contributed by atoms with Crippen LogP contribution in [0.3, 0.4) is 0 Å². The van der Waals surface area contributed by atoms with Crippen LogP contribution in [0.4, 0.5) is 0 Å². The molecule has 122 valence electrons. The number of benzene rings is 1. The van der Waals surface area contributed by atoms with Crippen LogP contribution >= 0.6 is 23.2 Å². The van der Waals surface area contributed by atoms with Gasteiger partial charge in [0.05, 0.1) is 23.0 Å². The Bertz CT molecular complexity index is 708. The molecule has 2 aromatic rings. The lowest BCUT2D eigenvalue weighted by Gasteiger charge is -2.19. The van der Waals surface area contributed by atoms with E-state index in [1.165, 1.54) is 6.20 Å². The van der Waals surface area contributed by atoms with E-state index in [9.17, 15) is 9.90 Å². The molecule has 23 heavy (non-hydrogen) atoms. The Morgan fingerprint density at radius 2 is 2.13 bits per heavy atom. The first-order valence-electron chi connectivity index (χ1n) is 7.04. The summed E-state index contributed by atoms with van der Waals surface area (Å²) in [7, 11) is 1.89. The molecule has 1 unspecified atom stereocenters. The lowest BCUT2D eigenvalue weighted by atomic mass is 10.0. The number of likely N-dealkylation sites (N-methyl/N-ethyl adjacent to an activating group) is 1. The van der Waals surface area contributed by atoms with Crippen molar-refractivity contribution >= 4 is 29.5 Å². The quantitative estimate of drug-likeness (QED) is 0.638. The van der Waals surface area contributed by atoms with Gasteiger partial charge in [-0.3, -0.25) is 9.69 Å². The summed E-state index contributed by atoms with van der Waals surface area (Å²) in [5.74, 6) is 0. The number of aromatic nitrogens is 2. The fourth-order valence-corrected chi connectivity index (χ4v) is 2.68. The maximum Gasteiger partial charge on any atom is 0.222 e. The Morgan fingerprint density at radius 3 is 2.78 bits per heavy atom. The molecule has 1 aromatic heterocycles. The number of aliphatic hydroxyl groups is 1. The van der Waals surface area contributed by atoms with Gasteiger partial charge in [-0.25, -0.2) is 9.97 Å². The van der Waals surface area contributed by atoms with Crippen molar-refractivity contribution in [3.63, 3.8) is 0 Å². The molecule has 0 spiro atoms. The smallest absolute Gasteiger partial charge is 0.222 e. The number of aliphatic hydroxyl groups excluding tert-OH is 1. The fraction of sp³-hybridized carbons (Fsp3) is 0.312. The first-order chi connectivity index (χ1) is 10.9. The number of hydrogen-bond acceptors (Lipinski definition) is 5. The molecule has 7 heteroatoms. The van der Waals surface area contributed by atoms with Crippen molar-refractivity contribution in [1.82, 2.24) is 14.9 Å². The van der Waals surface area contributed by atoms with Gasteiger partial charge in [0.1, 0.15) is 6.29 Å². The molecule has 1 N–H and O–H groups in total. The number of carbonyl (C=O) groups is 1. The minimum Gasteiger partial charge on any atom is -0.392 e. The van der Waals surface area contributed by atoms with Crippen LogP contribution in [0, 0.1) is 0 Å². The molecule has 0 fully saturated rings. The summed E-state index contributed by atoms with van der Waals surface area (Å²) in [5, 5.41) is 9.89. The highest BCUT2D eigenvalue weighted by Crippen LogP contribution is 2.28. The van der Waals surface area contributed by atoms with E-state index in [1.54, 1.807) is 13.0 Å². The zero-order valence-electron chi connectivity index (χ0n) is 12.8. The molecule has 5 nitrogen and oxygen atoms in total. The number of carbonyl (C=O) groups excluding carboxylic acids is 1. The maximum absolute atomic E-state index is 11.4. The zero-order chi connectivity index (χ0) is 17.0. The summed E-state index contributed by atoms with van der Waals surface area (Å²) >= 11 is 11.9. The van der Waals surface area contributed by atoms with Crippen molar-refractivity contribution in [2.24, 2.45) is 0 Å². The van der Waals surface area contributed by atoms with Crippen LogP contribution in [0.25, 0.3) is 11.3 Å². The molecule has 0 aliphatic rings. The molecule has 0 saturated carbocycles. The van der Waals surface area contributed by atoms with Crippen LogP contribution in [-0.2, 0) is 6.54 Å². The molecule has 1 heterocycles. The van der Waals surface area contributed by atoms with Crippen molar-refractivity contribution in [1.29, 1.82) is 0 Å².